The number of hydrogen-bond acceptors (Lipinski definition) is 4. The lowest BCUT2D eigenvalue weighted by Gasteiger charge is -2.10. The minimum Gasteiger partial charge on any atom is -0.267 e. The Hall–Kier alpha value is -3.80. The fourth-order valence-electron chi connectivity index (χ4n) is 3.05. The van der Waals surface area contributed by atoms with Gasteiger partial charge in [0, 0.05) is 11.1 Å². The quantitative estimate of drug-likeness (QED) is 0.529. The Morgan fingerprint density at radius 2 is 1.43 bits per heavy atom. The number of fused-ring (bicyclic) bond motifs is 2. The molecule has 1 aromatic heterocycles. The average molecular weight is 370 g/mol. The van der Waals surface area contributed by atoms with Crippen molar-refractivity contribution in [3.8, 4) is 0 Å². The van der Waals surface area contributed by atoms with E-state index in [0.29, 0.717) is 16.6 Å². The van der Waals surface area contributed by atoms with Crippen LogP contribution in [0.4, 0.5) is 0 Å². The lowest BCUT2D eigenvalue weighted by atomic mass is 10.0. The summed E-state index contributed by atoms with van der Waals surface area (Å²) in [7, 11) is 0. The fraction of sp³-hybridized carbons (Fsp3) is 0.0909. The van der Waals surface area contributed by atoms with E-state index in [1.165, 1.54) is 0 Å². The summed E-state index contributed by atoms with van der Waals surface area (Å²) in [5.74, 6) is -0.798. The number of benzene rings is 3. The minimum absolute atomic E-state index is 0.378. The van der Waals surface area contributed by atoms with E-state index in [0.717, 1.165) is 27.7 Å². The van der Waals surface area contributed by atoms with E-state index < -0.39 is 5.91 Å². The number of rotatable bonds is 2. The van der Waals surface area contributed by atoms with Crippen LogP contribution in [-0.2, 0) is 0 Å². The Morgan fingerprint density at radius 3 is 2.25 bits per heavy atom. The highest BCUT2D eigenvalue weighted by atomic mass is 16.2. The van der Waals surface area contributed by atoms with E-state index in [9.17, 15) is 9.59 Å². The smallest absolute Gasteiger partial charge is 0.267 e. The van der Waals surface area contributed by atoms with Gasteiger partial charge < -0.3 is 0 Å². The predicted molar refractivity (Wildman–Crippen MR) is 108 cm³/mol. The largest absolute Gasteiger partial charge is 0.270 e. The lowest BCUT2D eigenvalue weighted by Crippen LogP contribution is -2.41. The van der Waals surface area contributed by atoms with Crippen LogP contribution in [0.25, 0.3) is 21.8 Å². The Balaban J connectivity index is 1.53. The van der Waals surface area contributed by atoms with Crippen molar-refractivity contribution >= 4 is 33.6 Å². The maximum absolute atomic E-state index is 12.5. The number of amides is 2. The van der Waals surface area contributed by atoms with Crippen LogP contribution in [0.5, 0.6) is 0 Å². The Morgan fingerprint density at radius 1 is 0.750 bits per heavy atom. The highest BCUT2D eigenvalue weighted by molar-refractivity contribution is 6.08. The summed E-state index contributed by atoms with van der Waals surface area (Å²) in [4.78, 5) is 33.9. The SMILES string of the molecule is Cc1nc2ccc(C(=O)NNC(=O)c3cccc4ccccc34)cc2nc1C. The molecule has 0 fully saturated rings. The molecule has 0 atom stereocenters. The van der Waals surface area contributed by atoms with Gasteiger partial charge in [0.2, 0.25) is 0 Å². The van der Waals surface area contributed by atoms with Crippen molar-refractivity contribution in [3.63, 3.8) is 0 Å². The molecular formula is C22H18N4O2. The van der Waals surface area contributed by atoms with Gasteiger partial charge >= 0.3 is 0 Å². The number of aromatic nitrogens is 2. The lowest BCUT2D eigenvalue weighted by molar-refractivity contribution is 0.0847. The molecule has 0 aliphatic heterocycles. The third-order valence-electron chi connectivity index (χ3n) is 4.66. The Bertz CT molecular complexity index is 1230. The first-order chi connectivity index (χ1) is 13.5. The second-order valence-electron chi connectivity index (χ2n) is 6.53. The number of hydrazine groups is 1. The van der Waals surface area contributed by atoms with Crippen LogP contribution in [0, 0.1) is 13.8 Å². The molecule has 28 heavy (non-hydrogen) atoms. The second kappa shape index (κ2) is 7.08. The zero-order valence-corrected chi connectivity index (χ0v) is 15.5. The number of nitrogens with one attached hydrogen (secondary N) is 2. The van der Waals surface area contributed by atoms with Crippen LogP contribution in [0.15, 0.2) is 60.7 Å². The molecule has 0 unspecified atom stereocenters. The monoisotopic (exact) mass is 370 g/mol. The van der Waals surface area contributed by atoms with Gasteiger partial charge in [0.15, 0.2) is 0 Å². The maximum Gasteiger partial charge on any atom is 0.270 e. The van der Waals surface area contributed by atoms with Crippen molar-refractivity contribution in [1.29, 1.82) is 0 Å². The van der Waals surface area contributed by atoms with Gasteiger partial charge in [0.05, 0.1) is 22.4 Å². The molecule has 2 amide bonds. The van der Waals surface area contributed by atoms with Crippen LogP contribution >= 0.6 is 0 Å². The molecule has 4 aromatic rings. The molecule has 0 radical (unpaired) electrons. The first-order valence-electron chi connectivity index (χ1n) is 8.86. The summed E-state index contributed by atoms with van der Waals surface area (Å²) in [5, 5.41) is 1.78. The topological polar surface area (TPSA) is 84.0 Å². The van der Waals surface area contributed by atoms with Crippen LogP contribution in [0.1, 0.15) is 32.1 Å². The van der Waals surface area contributed by atoms with Crippen LogP contribution < -0.4 is 10.9 Å². The molecule has 6 nitrogen and oxygen atoms in total. The standard InChI is InChI=1S/C22H18N4O2/c1-13-14(2)24-20-12-16(10-11-19(20)23-13)21(27)25-26-22(28)18-9-5-7-15-6-3-4-8-17(15)18/h3-12H,1-2H3,(H,25,27)(H,26,28). The number of carbonyl (C=O) groups is 2. The summed E-state index contributed by atoms with van der Waals surface area (Å²) < 4.78 is 0. The Labute approximate surface area is 161 Å². The zero-order valence-electron chi connectivity index (χ0n) is 15.5. The second-order valence-corrected chi connectivity index (χ2v) is 6.53. The minimum atomic E-state index is -0.421. The van der Waals surface area contributed by atoms with Gasteiger partial charge in [-0.3, -0.25) is 20.4 Å². The van der Waals surface area contributed by atoms with E-state index >= 15 is 0 Å². The average Bonchev–Trinajstić information content (AvgIpc) is 2.72. The summed E-state index contributed by atoms with van der Waals surface area (Å²) in [6.45, 7) is 3.77. The first-order valence-corrected chi connectivity index (χ1v) is 8.86. The van der Waals surface area contributed by atoms with Gasteiger partial charge in [-0.05, 0) is 48.9 Å². The molecule has 0 aliphatic carbocycles. The highest BCUT2D eigenvalue weighted by Gasteiger charge is 2.13. The molecular weight excluding hydrogens is 352 g/mol. The summed E-state index contributed by atoms with van der Waals surface area (Å²) in [5.41, 5.74) is 8.86. The normalized spacial score (nSPS) is 10.8. The highest BCUT2D eigenvalue weighted by Crippen LogP contribution is 2.18. The van der Waals surface area contributed by atoms with Gasteiger partial charge in [0.25, 0.3) is 11.8 Å². The zero-order chi connectivity index (χ0) is 19.7. The van der Waals surface area contributed by atoms with Crippen molar-refractivity contribution in [3.05, 3.63) is 83.2 Å². The summed E-state index contributed by atoms with van der Waals surface area (Å²) in [6, 6.07) is 18.1. The molecule has 2 N–H and O–H groups in total. The van der Waals surface area contributed by atoms with Crippen LogP contribution in [0.2, 0.25) is 0 Å². The molecule has 0 spiro atoms. The van der Waals surface area contributed by atoms with Gasteiger partial charge in [-0.1, -0.05) is 36.4 Å². The Kier molecular flexibility index (Phi) is 4.45. The molecule has 4 rings (SSSR count). The summed E-state index contributed by atoms with van der Waals surface area (Å²) >= 11 is 0. The van der Waals surface area contributed by atoms with E-state index in [-0.39, 0.29) is 5.91 Å². The van der Waals surface area contributed by atoms with E-state index in [1.54, 1.807) is 24.3 Å². The van der Waals surface area contributed by atoms with Crippen LogP contribution in [-0.4, -0.2) is 21.8 Å². The third-order valence-corrected chi connectivity index (χ3v) is 4.66. The fourth-order valence-corrected chi connectivity index (χ4v) is 3.05. The van der Waals surface area contributed by atoms with Crippen molar-refractivity contribution < 1.29 is 9.59 Å². The molecule has 1 heterocycles. The van der Waals surface area contributed by atoms with Gasteiger partial charge in [-0.25, -0.2) is 9.97 Å². The molecule has 0 saturated heterocycles. The molecule has 0 aliphatic rings. The van der Waals surface area contributed by atoms with Crippen molar-refractivity contribution in [2.24, 2.45) is 0 Å². The van der Waals surface area contributed by atoms with Crippen molar-refractivity contribution in [2.75, 3.05) is 0 Å². The predicted octanol–water partition coefficient (Wildman–Crippen LogP) is 3.47. The molecule has 3 aromatic carbocycles. The van der Waals surface area contributed by atoms with Crippen LogP contribution in [0.3, 0.4) is 0 Å². The van der Waals surface area contributed by atoms with Gasteiger partial charge in [-0.2, -0.15) is 0 Å². The number of hydrogen-bond donors (Lipinski definition) is 2. The first kappa shape index (κ1) is 17.6. The molecule has 0 saturated carbocycles. The van der Waals surface area contributed by atoms with Crippen molar-refractivity contribution in [2.45, 2.75) is 13.8 Å². The number of carbonyl (C=O) groups excluding carboxylic acids is 2. The maximum atomic E-state index is 12.5. The van der Waals surface area contributed by atoms with Gasteiger partial charge in [-0.15, -0.1) is 0 Å². The number of nitrogens with zero attached hydrogens (tertiary/aromatic N) is 2. The molecule has 138 valence electrons. The van der Waals surface area contributed by atoms with E-state index in [2.05, 4.69) is 20.8 Å². The summed E-state index contributed by atoms with van der Waals surface area (Å²) in [6.07, 6.45) is 0. The third kappa shape index (κ3) is 3.27. The van der Waals surface area contributed by atoms with Crippen molar-refractivity contribution in [1.82, 2.24) is 20.8 Å². The van der Waals surface area contributed by atoms with E-state index in [4.69, 9.17) is 0 Å². The molecule has 6 heteroatoms. The number of aryl methyl sites for hydroxylation is 2. The van der Waals surface area contributed by atoms with E-state index in [1.807, 2.05) is 50.2 Å². The molecule has 0 bridgehead atoms. The van der Waals surface area contributed by atoms with Gasteiger partial charge in [0.1, 0.15) is 0 Å².